The highest BCUT2D eigenvalue weighted by molar-refractivity contribution is 6.30. The molecule has 0 spiro atoms. The Kier molecular flexibility index (Phi) is 8.19. The Hall–Kier alpha value is -3.75. The third-order valence-electron chi connectivity index (χ3n) is 6.79. The second-order valence-electron chi connectivity index (χ2n) is 9.90. The molecule has 2 aliphatic rings. The summed E-state index contributed by atoms with van der Waals surface area (Å²) in [6.07, 6.45) is -0.0220. The number of carbonyl (C=O) groups excluding carboxylic acids is 2. The van der Waals surface area contributed by atoms with Gasteiger partial charge in [0.25, 0.3) is 0 Å². The third kappa shape index (κ3) is 5.74. The maximum atomic E-state index is 14.3. The lowest BCUT2D eigenvalue weighted by molar-refractivity contribution is -0.123. The number of aliphatic imine (C=N–C) groups is 1. The molecule has 1 saturated heterocycles. The molecule has 0 unspecified atom stereocenters. The van der Waals surface area contributed by atoms with E-state index in [2.05, 4.69) is 5.32 Å². The molecule has 0 radical (unpaired) electrons. The van der Waals surface area contributed by atoms with Crippen LogP contribution in [0.25, 0.3) is 0 Å². The second kappa shape index (κ2) is 11.8. The minimum Gasteiger partial charge on any atom is -0.496 e. The van der Waals surface area contributed by atoms with Crippen LogP contribution in [0.1, 0.15) is 42.6 Å². The highest BCUT2D eigenvalue weighted by Crippen LogP contribution is 2.45. The van der Waals surface area contributed by atoms with Crippen molar-refractivity contribution in [2.45, 2.75) is 32.0 Å². The SMILES string of the molecule is COc1cc(OC(C)C)ccc1C1=N[C@@H](c2ccc(Cl)cc2)[C@@H](c2ccc(Cl)cc2)N1C(=O)N1CCNC(=O)C1. The fourth-order valence-electron chi connectivity index (χ4n) is 5.01. The van der Waals surface area contributed by atoms with Crippen LogP contribution in [0, 0.1) is 0 Å². The topological polar surface area (TPSA) is 83.5 Å². The normalized spacial score (nSPS) is 18.9. The van der Waals surface area contributed by atoms with Crippen LogP contribution in [0.4, 0.5) is 4.79 Å². The number of ether oxygens (including phenoxy) is 2. The number of halogens is 2. The fraction of sp³-hybridized carbons (Fsp3) is 0.300. The minimum atomic E-state index is -0.526. The van der Waals surface area contributed by atoms with E-state index >= 15 is 0 Å². The van der Waals surface area contributed by atoms with Crippen molar-refractivity contribution in [3.05, 3.63) is 93.5 Å². The number of carbonyl (C=O) groups is 2. The van der Waals surface area contributed by atoms with Gasteiger partial charge in [0, 0.05) is 29.2 Å². The Morgan fingerprint density at radius 2 is 1.65 bits per heavy atom. The van der Waals surface area contributed by atoms with E-state index in [1.165, 1.54) is 0 Å². The molecule has 0 aromatic heterocycles. The Balaban J connectivity index is 1.68. The smallest absolute Gasteiger partial charge is 0.326 e. The molecule has 0 saturated carbocycles. The van der Waals surface area contributed by atoms with E-state index in [1.54, 1.807) is 35.1 Å². The van der Waals surface area contributed by atoms with Gasteiger partial charge in [-0.3, -0.25) is 14.7 Å². The highest BCUT2D eigenvalue weighted by Gasteiger charge is 2.45. The van der Waals surface area contributed by atoms with Gasteiger partial charge >= 0.3 is 6.03 Å². The molecule has 8 nitrogen and oxygen atoms in total. The number of urea groups is 1. The molecular weight excluding hydrogens is 551 g/mol. The number of piperazine rings is 1. The summed E-state index contributed by atoms with van der Waals surface area (Å²) < 4.78 is 11.7. The van der Waals surface area contributed by atoms with E-state index in [0.717, 1.165) is 11.1 Å². The van der Waals surface area contributed by atoms with Gasteiger partial charge in [0.1, 0.15) is 29.9 Å². The van der Waals surface area contributed by atoms with Gasteiger partial charge < -0.3 is 19.7 Å². The van der Waals surface area contributed by atoms with Crippen molar-refractivity contribution >= 4 is 41.0 Å². The summed E-state index contributed by atoms with van der Waals surface area (Å²) >= 11 is 12.4. The maximum Gasteiger partial charge on any atom is 0.326 e. The first-order chi connectivity index (χ1) is 19.2. The summed E-state index contributed by atoms with van der Waals surface area (Å²) in [4.78, 5) is 34.9. The van der Waals surface area contributed by atoms with Crippen LogP contribution in [-0.4, -0.2) is 60.4 Å². The van der Waals surface area contributed by atoms with Gasteiger partial charge in [-0.2, -0.15) is 0 Å². The first-order valence-corrected chi connectivity index (χ1v) is 13.8. The molecule has 1 N–H and O–H groups in total. The first-order valence-electron chi connectivity index (χ1n) is 13.0. The lowest BCUT2D eigenvalue weighted by Gasteiger charge is -2.35. The predicted octanol–water partition coefficient (Wildman–Crippen LogP) is 5.89. The van der Waals surface area contributed by atoms with Gasteiger partial charge in [-0.15, -0.1) is 0 Å². The molecule has 2 heterocycles. The molecule has 3 aromatic rings. The lowest BCUT2D eigenvalue weighted by Crippen LogP contribution is -2.55. The highest BCUT2D eigenvalue weighted by atomic mass is 35.5. The van der Waals surface area contributed by atoms with Crippen LogP contribution >= 0.6 is 23.2 Å². The Morgan fingerprint density at radius 1 is 1.00 bits per heavy atom. The minimum absolute atomic E-state index is 0.0220. The molecule has 3 amide bonds. The van der Waals surface area contributed by atoms with Crippen molar-refractivity contribution in [2.24, 2.45) is 4.99 Å². The molecule has 2 atom stereocenters. The number of nitrogens with one attached hydrogen (secondary N) is 1. The number of amides is 3. The van der Waals surface area contributed by atoms with Crippen molar-refractivity contribution in [2.75, 3.05) is 26.7 Å². The number of hydrogen-bond donors (Lipinski definition) is 1. The predicted molar refractivity (Wildman–Crippen MR) is 155 cm³/mol. The van der Waals surface area contributed by atoms with Crippen LogP contribution in [0.3, 0.4) is 0 Å². The number of methoxy groups -OCH3 is 1. The Labute approximate surface area is 243 Å². The molecular formula is C30H30Cl2N4O4. The van der Waals surface area contributed by atoms with Crippen LogP contribution in [0.2, 0.25) is 10.0 Å². The molecule has 0 bridgehead atoms. The van der Waals surface area contributed by atoms with Crippen LogP contribution in [0.5, 0.6) is 11.5 Å². The monoisotopic (exact) mass is 580 g/mol. The van der Waals surface area contributed by atoms with Crippen LogP contribution < -0.4 is 14.8 Å². The van der Waals surface area contributed by atoms with Crippen molar-refractivity contribution in [3.63, 3.8) is 0 Å². The third-order valence-corrected chi connectivity index (χ3v) is 7.29. The summed E-state index contributed by atoms with van der Waals surface area (Å²) in [5.41, 5.74) is 2.35. The van der Waals surface area contributed by atoms with Crippen molar-refractivity contribution < 1.29 is 19.1 Å². The van der Waals surface area contributed by atoms with E-state index in [0.29, 0.717) is 46.0 Å². The Morgan fingerprint density at radius 3 is 2.25 bits per heavy atom. The van der Waals surface area contributed by atoms with Crippen molar-refractivity contribution in [3.8, 4) is 11.5 Å². The molecule has 40 heavy (non-hydrogen) atoms. The number of amidine groups is 1. The zero-order valence-electron chi connectivity index (χ0n) is 22.4. The van der Waals surface area contributed by atoms with Crippen LogP contribution in [-0.2, 0) is 4.79 Å². The molecule has 1 fully saturated rings. The van der Waals surface area contributed by atoms with Gasteiger partial charge in [-0.25, -0.2) is 4.79 Å². The van der Waals surface area contributed by atoms with E-state index in [4.69, 9.17) is 37.7 Å². The number of nitrogens with zero attached hydrogens (tertiary/aromatic N) is 3. The molecule has 5 rings (SSSR count). The van der Waals surface area contributed by atoms with E-state index in [9.17, 15) is 9.59 Å². The molecule has 10 heteroatoms. The fourth-order valence-corrected chi connectivity index (χ4v) is 5.26. The zero-order chi connectivity index (χ0) is 28.4. The number of hydrogen-bond acceptors (Lipinski definition) is 5. The average Bonchev–Trinajstić information content (AvgIpc) is 3.33. The van der Waals surface area contributed by atoms with E-state index in [-0.39, 0.29) is 24.6 Å². The first kappa shape index (κ1) is 27.8. The van der Waals surface area contributed by atoms with Crippen LogP contribution in [0.15, 0.2) is 71.7 Å². The van der Waals surface area contributed by atoms with Crippen molar-refractivity contribution in [1.82, 2.24) is 15.1 Å². The summed E-state index contributed by atoms with van der Waals surface area (Å²) in [5, 5.41) is 3.97. The zero-order valence-corrected chi connectivity index (χ0v) is 23.9. The maximum absolute atomic E-state index is 14.3. The summed E-state index contributed by atoms with van der Waals surface area (Å²) in [5.74, 6) is 1.38. The Bertz CT molecular complexity index is 1430. The van der Waals surface area contributed by atoms with Crippen molar-refractivity contribution in [1.29, 1.82) is 0 Å². The lowest BCUT2D eigenvalue weighted by atomic mass is 9.93. The average molecular weight is 582 g/mol. The number of benzene rings is 3. The molecule has 0 aliphatic carbocycles. The molecule has 3 aromatic carbocycles. The number of rotatable bonds is 6. The molecule has 2 aliphatic heterocycles. The van der Waals surface area contributed by atoms with E-state index in [1.807, 2.05) is 62.4 Å². The van der Waals surface area contributed by atoms with Gasteiger partial charge in [0.15, 0.2) is 0 Å². The van der Waals surface area contributed by atoms with Gasteiger partial charge in [-0.05, 0) is 61.4 Å². The summed E-state index contributed by atoms with van der Waals surface area (Å²) in [6.45, 7) is 4.61. The van der Waals surface area contributed by atoms with E-state index < -0.39 is 12.1 Å². The quantitative estimate of drug-likeness (QED) is 0.394. The summed E-state index contributed by atoms with van der Waals surface area (Å²) in [7, 11) is 1.57. The van der Waals surface area contributed by atoms with Gasteiger partial charge in [-0.1, -0.05) is 47.5 Å². The summed E-state index contributed by atoms with van der Waals surface area (Å²) in [6, 6.07) is 19.0. The molecule has 208 valence electrons. The van der Waals surface area contributed by atoms with Gasteiger partial charge in [0.05, 0.1) is 24.8 Å². The largest absolute Gasteiger partial charge is 0.496 e. The second-order valence-corrected chi connectivity index (χ2v) is 10.8. The van der Waals surface area contributed by atoms with Gasteiger partial charge in [0.2, 0.25) is 5.91 Å². The standard InChI is InChI=1S/C30H30Cl2N4O4/c1-18(2)40-23-12-13-24(25(16-23)39-3)29-34-27(19-4-8-21(31)9-5-19)28(20-6-10-22(32)11-7-20)36(29)30(38)35-15-14-33-26(37)17-35/h4-13,16,18,27-28H,14-15,17H2,1-3H3,(H,33,37)/t27-,28+/m0/s1.